The Labute approximate surface area is 102 Å². The van der Waals surface area contributed by atoms with Crippen LogP contribution in [0.15, 0.2) is 24.3 Å². The summed E-state index contributed by atoms with van der Waals surface area (Å²) in [7, 11) is 1.60. The largest absolute Gasteiger partial charge is 0.382 e. The molecule has 0 fully saturated rings. The summed E-state index contributed by atoms with van der Waals surface area (Å²) in [6.45, 7) is 3.08. The molecule has 1 aromatic rings. The highest BCUT2D eigenvalue weighted by molar-refractivity contribution is 5.91. The van der Waals surface area contributed by atoms with Gasteiger partial charge in [0.25, 0.3) is 0 Å². The van der Waals surface area contributed by atoms with Gasteiger partial charge >= 0.3 is 0 Å². The molecule has 0 aliphatic carbocycles. The highest BCUT2D eigenvalue weighted by Crippen LogP contribution is 2.09. The number of nitrogens with one attached hydrogen (secondary N) is 1. The molecule has 4 heteroatoms. The molecule has 0 unspecified atom stereocenters. The molecule has 0 aromatic heterocycles. The maximum absolute atomic E-state index is 11.5. The number of rotatable bonds is 7. The number of benzene rings is 1. The summed E-state index contributed by atoms with van der Waals surface area (Å²) in [6, 6.07) is 7.79. The summed E-state index contributed by atoms with van der Waals surface area (Å²) in [5, 5.41) is 2.77. The molecule has 0 saturated carbocycles. The Morgan fingerprint density at radius 1 is 1.24 bits per heavy atom. The minimum atomic E-state index is -0.148. The zero-order chi connectivity index (χ0) is 12.5. The molecule has 0 bridgehead atoms. The first kappa shape index (κ1) is 13.7. The van der Waals surface area contributed by atoms with Crippen LogP contribution >= 0.6 is 0 Å². The van der Waals surface area contributed by atoms with E-state index in [0.717, 1.165) is 12.1 Å². The van der Waals surface area contributed by atoms with E-state index in [9.17, 15) is 4.79 Å². The molecule has 0 atom stereocenters. The second-order valence-electron chi connectivity index (χ2n) is 3.64. The van der Waals surface area contributed by atoms with Crippen LogP contribution in [0.4, 0.5) is 5.69 Å². The normalized spacial score (nSPS) is 10.2. The molecule has 17 heavy (non-hydrogen) atoms. The third-order valence-corrected chi connectivity index (χ3v) is 2.31. The molecule has 0 heterocycles. The number of methoxy groups -OCH3 is 1. The van der Waals surface area contributed by atoms with Crippen molar-refractivity contribution in [3.8, 4) is 0 Å². The number of carbonyl (C=O) groups excluding carboxylic acids is 1. The van der Waals surface area contributed by atoms with Gasteiger partial charge < -0.3 is 14.8 Å². The summed E-state index contributed by atoms with van der Waals surface area (Å²) in [5.41, 5.74) is 2.04. The predicted octanol–water partition coefficient (Wildman–Crippen LogP) is 1.85. The summed E-state index contributed by atoms with van der Waals surface area (Å²) in [6.07, 6.45) is 0.994. The summed E-state index contributed by atoms with van der Waals surface area (Å²) in [5.74, 6) is -0.148. The Morgan fingerprint density at radius 2 is 1.94 bits per heavy atom. The Bertz CT molecular complexity index is 335. The first-order chi connectivity index (χ1) is 8.26. The average molecular weight is 237 g/mol. The van der Waals surface area contributed by atoms with Crippen LogP contribution in [0.2, 0.25) is 0 Å². The van der Waals surface area contributed by atoms with Crippen molar-refractivity contribution in [1.29, 1.82) is 0 Å². The van der Waals surface area contributed by atoms with Crippen LogP contribution in [0.3, 0.4) is 0 Å². The molecule has 94 valence electrons. The van der Waals surface area contributed by atoms with Gasteiger partial charge in [-0.2, -0.15) is 0 Å². The molecular weight excluding hydrogens is 218 g/mol. The maximum Gasteiger partial charge on any atom is 0.250 e. The van der Waals surface area contributed by atoms with Gasteiger partial charge in [-0.15, -0.1) is 0 Å². The Kier molecular flexibility index (Phi) is 6.29. The fraction of sp³-hybridized carbons (Fsp3) is 0.462. The van der Waals surface area contributed by atoms with Crippen LogP contribution in [-0.2, 0) is 20.7 Å². The first-order valence-electron chi connectivity index (χ1n) is 5.71. The molecule has 4 nitrogen and oxygen atoms in total. The molecule has 1 amide bonds. The molecule has 1 N–H and O–H groups in total. The van der Waals surface area contributed by atoms with Crippen molar-refractivity contribution in [3.05, 3.63) is 29.8 Å². The lowest BCUT2D eigenvalue weighted by atomic mass is 10.1. The molecule has 0 spiro atoms. The Morgan fingerprint density at radius 3 is 2.53 bits per heavy atom. The van der Waals surface area contributed by atoms with Crippen molar-refractivity contribution in [2.24, 2.45) is 0 Å². The zero-order valence-electron chi connectivity index (χ0n) is 10.4. The van der Waals surface area contributed by atoms with E-state index in [-0.39, 0.29) is 12.5 Å². The van der Waals surface area contributed by atoms with Gasteiger partial charge in [0.1, 0.15) is 6.61 Å². The average Bonchev–Trinajstić information content (AvgIpc) is 2.36. The molecule has 1 aromatic carbocycles. The van der Waals surface area contributed by atoms with E-state index < -0.39 is 0 Å². The van der Waals surface area contributed by atoms with Gasteiger partial charge in [-0.3, -0.25) is 4.79 Å². The minimum absolute atomic E-state index is 0.0545. The predicted molar refractivity (Wildman–Crippen MR) is 67.1 cm³/mol. The van der Waals surface area contributed by atoms with Crippen molar-refractivity contribution in [1.82, 2.24) is 0 Å². The topological polar surface area (TPSA) is 47.6 Å². The van der Waals surface area contributed by atoms with Crippen LogP contribution in [0.5, 0.6) is 0 Å². The number of aryl methyl sites for hydroxylation is 1. The minimum Gasteiger partial charge on any atom is -0.382 e. The highest BCUT2D eigenvalue weighted by Gasteiger charge is 2.02. The molecule has 0 aliphatic heterocycles. The zero-order valence-corrected chi connectivity index (χ0v) is 10.4. The smallest absolute Gasteiger partial charge is 0.250 e. The Hall–Kier alpha value is -1.39. The van der Waals surface area contributed by atoms with E-state index in [0.29, 0.717) is 13.2 Å². The summed E-state index contributed by atoms with van der Waals surface area (Å²) >= 11 is 0. The molecule has 1 rings (SSSR count). The van der Waals surface area contributed by atoms with Gasteiger partial charge in [0, 0.05) is 12.8 Å². The summed E-state index contributed by atoms with van der Waals surface area (Å²) in [4.78, 5) is 11.5. The highest BCUT2D eigenvalue weighted by atomic mass is 16.5. The lowest BCUT2D eigenvalue weighted by Gasteiger charge is -2.06. The van der Waals surface area contributed by atoms with E-state index in [1.165, 1.54) is 5.56 Å². The van der Waals surface area contributed by atoms with E-state index in [1.54, 1.807) is 7.11 Å². The number of anilines is 1. The van der Waals surface area contributed by atoms with Gasteiger partial charge in [-0.1, -0.05) is 19.1 Å². The van der Waals surface area contributed by atoms with Crippen LogP contribution in [0.25, 0.3) is 0 Å². The van der Waals surface area contributed by atoms with Crippen LogP contribution in [0.1, 0.15) is 12.5 Å². The van der Waals surface area contributed by atoms with E-state index in [1.807, 2.05) is 24.3 Å². The maximum atomic E-state index is 11.5. The number of ether oxygens (including phenoxy) is 2. The van der Waals surface area contributed by atoms with Crippen molar-refractivity contribution < 1.29 is 14.3 Å². The number of carbonyl (C=O) groups is 1. The summed E-state index contributed by atoms with van der Waals surface area (Å²) < 4.78 is 9.93. The lowest BCUT2D eigenvalue weighted by Crippen LogP contribution is -2.19. The lowest BCUT2D eigenvalue weighted by molar-refractivity contribution is -0.121. The third kappa shape index (κ3) is 5.47. The molecule has 0 aliphatic rings. The van der Waals surface area contributed by atoms with Crippen LogP contribution in [0, 0.1) is 0 Å². The van der Waals surface area contributed by atoms with Crippen LogP contribution < -0.4 is 5.32 Å². The van der Waals surface area contributed by atoms with Crippen molar-refractivity contribution in [3.63, 3.8) is 0 Å². The van der Waals surface area contributed by atoms with E-state index >= 15 is 0 Å². The molecule has 0 saturated heterocycles. The quantitative estimate of drug-likeness (QED) is 0.736. The van der Waals surface area contributed by atoms with Gasteiger partial charge in [-0.25, -0.2) is 0 Å². The monoisotopic (exact) mass is 237 g/mol. The second-order valence-corrected chi connectivity index (χ2v) is 3.64. The molecular formula is C13H19NO3. The van der Waals surface area contributed by atoms with E-state index in [4.69, 9.17) is 9.47 Å². The van der Waals surface area contributed by atoms with Gasteiger partial charge in [-0.05, 0) is 24.1 Å². The van der Waals surface area contributed by atoms with Gasteiger partial charge in [0.05, 0.1) is 13.2 Å². The first-order valence-corrected chi connectivity index (χ1v) is 5.71. The number of hydrogen-bond acceptors (Lipinski definition) is 3. The van der Waals surface area contributed by atoms with Crippen molar-refractivity contribution in [2.75, 3.05) is 32.2 Å². The number of hydrogen-bond donors (Lipinski definition) is 1. The van der Waals surface area contributed by atoms with Gasteiger partial charge in [0.2, 0.25) is 5.91 Å². The standard InChI is InChI=1S/C13H19NO3/c1-3-11-4-6-12(7-5-11)14-13(15)10-17-9-8-16-2/h4-7H,3,8-10H2,1-2H3,(H,14,15). The second kappa shape index (κ2) is 7.81. The van der Waals surface area contributed by atoms with Crippen molar-refractivity contribution in [2.45, 2.75) is 13.3 Å². The van der Waals surface area contributed by atoms with Gasteiger partial charge in [0.15, 0.2) is 0 Å². The third-order valence-electron chi connectivity index (χ3n) is 2.31. The SMILES string of the molecule is CCc1ccc(NC(=O)COCCOC)cc1. The molecule has 0 radical (unpaired) electrons. The fourth-order valence-electron chi connectivity index (χ4n) is 1.33. The van der Waals surface area contributed by atoms with Crippen molar-refractivity contribution >= 4 is 11.6 Å². The number of amides is 1. The fourth-order valence-corrected chi connectivity index (χ4v) is 1.33. The van der Waals surface area contributed by atoms with E-state index in [2.05, 4.69) is 12.2 Å². The van der Waals surface area contributed by atoms with Crippen LogP contribution in [-0.4, -0.2) is 32.8 Å². The Balaban J connectivity index is 2.29.